The summed E-state index contributed by atoms with van der Waals surface area (Å²) in [6, 6.07) is 0. The molecule has 0 aromatic carbocycles. The number of rotatable bonds is 4. The molecule has 0 aromatic heterocycles. The first-order valence-corrected chi connectivity index (χ1v) is 3.11. The molecule has 1 unspecified atom stereocenters. The third kappa shape index (κ3) is 5.24. The smallest absolute Gasteiger partial charge is 0.0962 e. The molecule has 4 heteroatoms. The van der Waals surface area contributed by atoms with Gasteiger partial charge in [-0.3, -0.25) is 5.43 Å². The molecule has 0 fully saturated rings. The Bertz CT molecular complexity index is 130. The molecule has 0 saturated heterocycles. The van der Waals surface area contributed by atoms with Gasteiger partial charge in [-0.25, -0.2) is 0 Å². The number of nitrogens with one attached hydrogen (secondary N) is 1. The van der Waals surface area contributed by atoms with E-state index in [0.717, 1.165) is 12.0 Å². The first kappa shape index (κ1) is 9.10. The van der Waals surface area contributed by atoms with Gasteiger partial charge in [0.05, 0.1) is 13.2 Å². The highest BCUT2D eigenvalue weighted by molar-refractivity contribution is 4.90. The van der Waals surface area contributed by atoms with E-state index in [1.165, 1.54) is 0 Å². The standard InChI is InChI=1S/C6H14N4/c1-5(2)4-6(7)9-10-8-3/h6H,1,4,7H2,2-3H3,(H,8,9). The summed E-state index contributed by atoms with van der Waals surface area (Å²) in [6.07, 6.45) is 0.556. The lowest BCUT2D eigenvalue weighted by molar-refractivity contribution is 0.523. The molecule has 0 amide bonds. The van der Waals surface area contributed by atoms with Crippen LogP contribution in [0.2, 0.25) is 0 Å². The van der Waals surface area contributed by atoms with Crippen molar-refractivity contribution in [3.63, 3.8) is 0 Å². The lowest BCUT2D eigenvalue weighted by Crippen LogP contribution is -2.33. The van der Waals surface area contributed by atoms with Gasteiger partial charge in [-0.1, -0.05) is 10.8 Å². The van der Waals surface area contributed by atoms with Crippen molar-refractivity contribution in [3.05, 3.63) is 12.2 Å². The maximum atomic E-state index is 5.54. The SMILES string of the molecule is C=C(C)CC(N)NN=NC. The topological polar surface area (TPSA) is 62.8 Å². The minimum absolute atomic E-state index is 0.166. The fourth-order valence-electron chi connectivity index (χ4n) is 0.553. The van der Waals surface area contributed by atoms with E-state index in [9.17, 15) is 0 Å². The van der Waals surface area contributed by atoms with E-state index in [4.69, 9.17) is 5.73 Å². The molecule has 0 aliphatic rings. The third-order valence-electron chi connectivity index (χ3n) is 0.892. The quantitative estimate of drug-likeness (QED) is 0.264. The van der Waals surface area contributed by atoms with Crippen LogP contribution in [0, 0.1) is 0 Å². The summed E-state index contributed by atoms with van der Waals surface area (Å²) >= 11 is 0. The Balaban J connectivity index is 3.43. The van der Waals surface area contributed by atoms with E-state index < -0.39 is 0 Å². The highest BCUT2D eigenvalue weighted by Crippen LogP contribution is 1.95. The first-order chi connectivity index (χ1) is 4.66. The molecule has 0 saturated carbocycles. The van der Waals surface area contributed by atoms with Gasteiger partial charge in [0.15, 0.2) is 0 Å². The summed E-state index contributed by atoms with van der Waals surface area (Å²) in [5, 5.41) is 7.02. The van der Waals surface area contributed by atoms with E-state index in [-0.39, 0.29) is 6.17 Å². The Morgan fingerprint density at radius 3 is 2.80 bits per heavy atom. The van der Waals surface area contributed by atoms with Gasteiger partial charge in [0, 0.05) is 6.42 Å². The summed E-state index contributed by atoms with van der Waals surface area (Å²) in [4.78, 5) is 0. The number of nitrogens with two attached hydrogens (primary N) is 1. The predicted octanol–water partition coefficient (Wildman–Crippen LogP) is 0.824. The van der Waals surface area contributed by atoms with Crippen molar-refractivity contribution < 1.29 is 0 Å². The van der Waals surface area contributed by atoms with Gasteiger partial charge in [-0.05, 0) is 6.92 Å². The Labute approximate surface area is 61.2 Å². The van der Waals surface area contributed by atoms with Crippen molar-refractivity contribution in [2.45, 2.75) is 19.5 Å². The van der Waals surface area contributed by atoms with Gasteiger partial charge < -0.3 is 5.73 Å². The summed E-state index contributed by atoms with van der Waals surface area (Å²) in [5.41, 5.74) is 9.21. The van der Waals surface area contributed by atoms with Crippen LogP contribution in [0.25, 0.3) is 0 Å². The van der Waals surface area contributed by atoms with Gasteiger partial charge in [0.2, 0.25) is 0 Å². The van der Waals surface area contributed by atoms with Crippen LogP contribution in [0.5, 0.6) is 0 Å². The number of hydrogen-bond acceptors (Lipinski definition) is 3. The summed E-state index contributed by atoms with van der Waals surface area (Å²) in [5.74, 6) is 0. The Hall–Kier alpha value is -0.900. The Morgan fingerprint density at radius 2 is 2.40 bits per heavy atom. The highest BCUT2D eigenvalue weighted by Gasteiger charge is 1.97. The van der Waals surface area contributed by atoms with Gasteiger partial charge in [0.1, 0.15) is 0 Å². The van der Waals surface area contributed by atoms with Gasteiger partial charge in [0.25, 0.3) is 0 Å². The van der Waals surface area contributed by atoms with Gasteiger partial charge in [-0.15, -0.1) is 6.58 Å². The molecule has 0 spiro atoms. The van der Waals surface area contributed by atoms with Crippen molar-refractivity contribution >= 4 is 0 Å². The van der Waals surface area contributed by atoms with Crippen molar-refractivity contribution in [2.75, 3.05) is 7.05 Å². The lowest BCUT2D eigenvalue weighted by atomic mass is 10.2. The molecule has 0 bridgehead atoms. The monoisotopic (exact) mass is 142 g/mol. The zero-order chi connectivity index (χ0) is 7.98. The van der Waals surface area contributed by atoms with Crippen molar-refractivity contribution in [1.29, 1.82) is 0 Å². The molecular weight excluding hydrogens is 128 g/mol. The maximum Gasteiger partial charge on any atom is 0.0962 e. The van der Waals surface area contributed by atoms with Crippen LogP contribution in [-0.4, -0.2) is 13.2 Å². The normalized spacial score (nSPS) is 13.5. The molecule has 58 valence electrons. The fourth-order valence-corrected chi connectivity index (χ4v) is 0.553. The van der Waals surface area contributed by atoms with Crippen LogP contribution in [0.3, 0.4) is 0 Å². The second kappa shape index (κ2) is 4.93. The summed E-state index contributed by atoms with van der Waals surface area (Å²) in [7, 11) is 1.58. The molecule has 4 nitrogen and oxygen atoms in total. The van der Waals surface area contributed by atoms with E-state index in [1.807, 2.05) is 6.92 Å². The predicted molar refractivity (Wildman–Crippen MR) is 41.3 cm³/mol. The molecule has 10 heavy (non-hydrogen) atoms. The van der Waals surface area contributed by atoms with Crippen LogP contribution < -0.4 is 11.2 Å². The van der Waals surface area contributed by atoms with Crippen molar-refractivity contribution in [2.24, 2.45) is 16.1 Å². The van der Waals surface area contributed by atoms with E-state index in [1.54, 1.807) is 7.05 Å². The van der Waals surface area contributed by atoms with Crippen LogP contribution in [0.1, 0.15) is 13.3 Å². The molecule has 0 aliphatic heterocycles. The maximum absolute atomic E-state index is 5.54. The van der Waals surface area contributed by atoms with Gasteiger partial charge >= 0.3 is 0 Å². The third-order valence-corrected chi connectivity index (χ3v) is 0.892. The Kier molecular flexibility index (Phi) is 4.49. The summed E-state index contributed by atoms with van der Waals surface area (Å²) in [6.45, 7) is 5.63. The second-order valence-electron chi connectivity index (χ2n) is 2.20. The van der Waals surface area contributed by atoms with Crippen LogP contribution in [0.4, 0.5) is 0 Å². The average Bonchev–Trinajstić information content (AvgIpc) is 1.82. The largest absolute Gasteiger partial charge is 0.310 e. The molecule has 0 aromatic rings. The molecule has 0 radical (unpaired) electrons. The zero-order valence-corrected chi connectivity index (χ0v) is 6.46. The molecule has 3 N–H and O–H groups in total. The summed E-state index contributed by atoms with van der Waals surface area (Å²) < 4.78 is 0. The molecule has 0 aliphatic carbocycles. The number of hydrogen-bond donors (Lipinski definition) is 2. The second-order valence-corrected chi connectivity index (χ2v) is 2.20. The fraction of sp³-hybridized carbons (Fsp3) is 0.667. The highest BCUT2D eigenvalue weighted by atomic mass is 15.4. The van der Waals surface area contributed by atoms with Crippen LogP contribution in [0.15, 0.2) is 22.5 Å². The van der Waals surface area contributed by atoms with E-state index >= 15 is 0 Å². The van der Waals surface area contributed by atoms with Gasteiger partial charge in [-0.2, -0.15) is 5.11 Å². The van der Waals surface area contributed by atoms with Crippen molar-refractivity contribution in [1.82, 2.24) is 5.43 Å². The van der Waals surface area contributed by atoms with E-state index in [2.05, 4.69) is 22.3 Å². The molecule has 1 atom stereocenters. The number of nitrogens with zero attached hydrogens (tertiary/aromatic N) is 2. The van der Waals surface area contributed by atoms with Crippen LogP contribution >= 0.6 is 0 Å². The molecule has 0 rings (SSSR count). The zero-order valence-electron chi connectivity index (χ0n) is 6.46. The molecular formula is C6H14N4. The average molecular weight is 142 g/mol. The first-order valence-electron chi connectivity index (χ1n) is 3.11. The lowest BCUT2D eigenvalue weighted by Gasteiger charge is -2.08. The van der Waals surface area contributed by atoms with Crippen molar-refractivity contribution in [3.8, 4) is 0 Å². The minimum Gasteiger partial charge on any atom is -0.310 e. The Morgan fingerprint density at radius 1 is 1.80 bits per heavy atom. The van der Waals surface area contributed by atoms with E-state index in [0.29, 0.717) is 0 Å². The molecule has 0 heterocycles. The minimum atomic E-state index is -0.166. The van der Waals surface area contributed by atoms with Crippen LogP contribution in [-0.2, 0) is 0 Å².